The number of nitrogens with two attached hydrogens (primary N) is 1. The van der Waals surface area contributed by atoms with E-state index in [-0.39, 0.29) is 4.90 Å². The fraction of sp³-hybridized carbons (Fsp3) is 0.286. The standard InChI is InChI=1S/C14H18BrN3O2S/c1-17-10-13(7-12(17)8-16)21(19,20)18(2)9-11-5-3-4-6-14(11)15/h3-7,10H,8-9,16H2,1-2H3. The number of aromatic nitrogens is 1. The lowest BCUT2D eigenvalue weighted by molar-refractivity contribution is 0.466. The molecule has 1 aromatic heterocycles. The molecule has 21 heavy (non-hydrogen) atoms. The first-order valence-corrected chi connectivity index (χ1v) is 8.64. The summed E-state index contributed by atoms with van der Waals surface area (Å²) in [6, 6.07) is 9.19. The number of hydrogen-bond acceptors (Lipinski definition) is 3. The van der Waals surface area contributed by atoms with E-state index in [9.17, 15) is 8.42 Å². The number of benzene rings is 1. The normalized spacial score (nSPS) is 12.0. The lowest BCUT2D eigenvalue weighted by atomic mass is 10.2. The average Bonchev–Trinajstić information content (AvgIpc) is 2.83. The molecular formula is C14H18BrN3O2S. The van der Waals surface area contributed by atoms with Crippen molar-refractivity contribution in [3.63, 3.8) is 0 Å². The first-order valence-electron chi connectivity index (χ1n) is 6.41. The monoisotopic (exact) mass is 371 g/mol. The van der Waals surface area contributed by atoms with E-state index in [2.05, 4.69) is 15.9 Å². The fourth-order valence-corrected chi connectivity index (χ4v) is 3.71. The lowest BCUT2D eigenvalue weighted by Crippen LogP contribution is -2.26. The predicted octanol–water partition coefficient (Wildman–Crippen LogP) is 2.07. The van der Waals surface area contributed by atoms with Crippen LogP contribution in [0.15, 0.2) is 45.9 Å². The van der Waals surface area contributed by atoms with Gasteiger partial charge < -0.3 is 10.3 Å². The highest BCUT2D eigenvalue weighted by Gasteiger charge is 2.23. The Morgan fingerprint density at radius 2 is 2.00 bits per heavy atom. The SMILES string of the molecule is CN(Cc1ccccc1Br)S(=O)(=O)c1cc(CN)n(C)c1. The maximum Gasteiger partial charge on any atom is 0.244 e. The van der Waals surface area contributed by atoms with Crippen molar-refractivity contribution < 1.29 is 8.42 Å². The molecule has 0 aliphatic carbocycles. The van der Waals surface area contributed by atoms with E-state index in [1.807, 2.05) is 24.3 Å². The summed E-state index contributed by atoms with van der Waals surface area (Å²) in [5, 5.41) is 0. The van der Waals surface area contributed by atoms with Gasteiger partial charge in [0.15, 0.2) is 0 Å². The Hall–Kier alpha value is -1.15. The molecule has 0 saturated carbocycles. The second-order valence-corrected chi connectivity index (χ2v) is 7.73. The summed E-state index contributed by atoms with van der Waals surface area (Å²) in [5.41, 5.74) is 7.29. The van der Waals surface area contributed by atoms with Crippen LogP contribution in [0.2, 0.25) is 0 Å². The van der Waals surface area contributed by atoms with Gasteiger partial charge in [0.05, 0.1) is 0 Å². The Morgan fingerprint density at radius 1 is 1.33 bits per heavy atom. The summed E-state index contributed by atoms with van der Waals surface area (Å²) < 4.78 is 29.1. The van der Waals surface area contributed by atoms with Gasteiger partial charge >= 0.3 is 0 Å². The van der Waals surface area contributed by atoms with E-state index in [0.717, 1.165) is 15.7 Å². The van der Waals surface area contributed by atoms with Gasteiger partial charge in [-0.3, -0.25) is 0 Å². The molecule has 114 valence electrons. The zero-order chi connectivity index (χ0) is 15.6. The van der Waals surface area contributed by atoms with Crippen LogP contribution in [-0.2, 0) is 30.2 Å². The van der Waals surface area contributed by atoms with Gasteiger partial charge in [-0.05, 0) is 17.7 Å². The highest BCUT2D eigenvalue weighted by Crippen LogP contribution is 2.22. The van der Waals surface area contributed by atoms with Gasteiger partial charge in [0.2, 0.25) is 10.0 Å². The minimum absolute atomic E-state index is 0.264. The highest BCUT2D eigenvalue weighted by atomic mass is 79.9. The van der Waals surface area contributed by atoms with E-state index in [0.29, 0.717) is 13.1 Å². The van der Waals surface area contributed by atoms with E-state index >= 15 is 0 Å². The van der Waals surface area contributed by atoms with E-state index in [4.69, 9.17) is 5.73 Å². The molecule has 0 saturated heterocycles. The molecule has 0 aliphatic rings. The molecule has 2 aromatic rings. The predicted molar refractivity (Wildman–Crippen MR) is 86.1 cm³/mol. The summed E-state index contributed by atoms with van der Waals surface area (Å²) >= 11 is 3.43. The second kappa shape index (κ2) is 6.31. The lowest BCUT2D eigenvalue weighted by Gasteiger charge is -2.17. The number of rotatable bonds is 5. The fourth-order valence-electron chi connectivity index (χ4n) is 2.05. The van der Waals surface area contributed by atoms with Gasteiger partial charge in [-0.25, -0.2) is 8.42 Å². The van der Waals surface area contributed by atoms with Crippen LogP contribution in [-0.4, -0.2) is 24.3 Å². The molecule has 0 spiro atoms. The molecule has 0 fully saturated rings. The maximum absolute atomic E-state index is 12.6. The Morgan fingerprint density at radius 3 is 2.57 bits per heavy atom. The highest BCUT2D eigenvalue weighted by molar-refractivity contribution is 9.10. The molecule has 0 bridgehead atoms. The Labute approximate surface area is 133 Å². The molecule has 7 heteroatoms. The molecule has 1 heterocycles. The third-order valence-corrected chi connectivity index (χ3v) is 5.89. The maximum atomic E-state index is 12.6. The number of aryl methyl sites for hydroxylation is 1. The smallest absolute Gasteiger partial charge is 0.244 e. The Balaban J connectivity index is 2.28. The van der Waals surface area contributed by atoms with E-state index < -0.39 is 10.0 Å². The molecule has 0 amide bonds. The molecule has 2 N–H and O–H groups in total. The molecule has 0 radical (unpaired) electrons. The first kappa shape index (κ1) is 16.2. The van der Waals surface area contributed by atoms with Crippen molar-refractivity contribution in [2.24, 2.45) is 12.8 Å². The van der Waals surface area contributed by atoms with E-state index in [1.54, 1.807) is 30.9 Å². The zero-order valence-corrected chi connectivity index (χ0v) is 14.4. The molecule has 2 rings (SSSR count). The van der Waals surface area contributed by atoms with Crippen LogP contribution < -0.4 is 5.73 Å². The van der Waals surface area contributed by atoms with Crippen molar-refractivity contribution in [3.8, 4) is 0 Å². The third-order valence-electron chi connectivity index (χ3n) is 3.35. The first-order chi connectivity index (χ1) is 9.86. The zero-order valence-electron chi connectivity index (χ0n) is 12.0. The largest absolute Gasteiger partial charge is 0.352 e. The van der Waals surface area contributed by atoms with Gasteiger partial charge in [-0.15, -0.1) is 0 Å². The van der Waals surface area contributed by atoms with Gasteiger partial charge in [0.1, 0.15) is 4.90 Å². The van der Waals surface area contributed by atoms with Crippen LogP contribution in [0, 0.1) is 0 Å². The Bertz CT molecular complexity index is 740. The van der Waals surface area contributed by atoms with Crippen molar-refractivity contribution in [3.05, 3.63) is 52.3 Å². The van der Waals surface area contributed by atoms with Gasteiger partial charge in [-0.2, -0.15) is 4.31 Å². The van der Waals surface area contributed by atoms with Crippen LogP contribution in [0.1, 0.15) is 11.3 Å². The molecule has 5 nitrogen and oxygen atoms in total. The second-order valence-electron chi connectivity index (χ2n) is 4.83. The van der Waals surface area contributed by atoms with Gasteiger partial charge in [0.25, 0.3) is 0 Å². The summed E-state index contributed by atoms with van der Waals surface area (Å²) in [6.07, 6.45) is 1.59. The average molecular weight is 372 g/mol. The van der Waals surface area contributed by atoms with E-state index in [1.165, 1.54) is 4.31 Å². The van der Waals surface area contributed by atoms with Crippen molar-refractivity contribution in [2.45, 2.75) is 18.0 Å². The van der Waals surface area contributed by atoms with Crippen molar-refractivity contribution in [1.29, 1.82) is 0 Å². The molecular weight excluding hydrogens is 354 g/mol. The topological polar surface area (TPSA) is 68.3 Å². The van der Waals surface area contributed by atoms with Crippen LogP contribution in [0.25, 0.3) is 0 Å². The summed E-state index contributed by atoms with van der Waals surface area (Å²) in [4.78, 5) is 0.264. The minimum atomic E-state index is -3.53. The summed E-state index contributed by atoms with van der Waals surface area (Å²) in [6.45, 7) is 0.608. The Kier molecular flexibility index (Phi) is 4.88. The number of halogens is 1. The van der Waals surface area contributed by atoms with Crippen molar-refractivity contribution in [2.75, 3.05) is 7.05 Å². The third kappa shape index (κ3) is 3.37. The molecule has 1 aromatic carbocycles. The van der Waals surface area contributed by atoms with Crippen LogP contribution >= 0.6 is 15.9 Å². The molecule has 0 aliphatic heterocycles. The summed E-state index contributed by atoms with van der Waals surface area (Å²) in [5.74, 6) is 0. The minimum Gasteiger partial charge on any atom is -0.352 e. The number of nitrogens with zero attached hydrogens (tertiary/aromatic N) is 2. The van der Waals surface area contributed by atoms with Crippen molar-refractivity contribution >= 4 is 26.0 Å². The van der Waals surface area contributed by atoms with Gasteiger partial charge in [-0.1, -0.05) is 34.1 Å². The van der Waals surface area contributed by atoms with Crippen LogP contribution in [0.4, 0.5) is 0 Å². The molecule has 0 atom stereocenters. The van der Waals surface area contributed by atoms with Gasteiger partial charge in [0, 0.05) is 43.5 Å². The number of sulfonamides is 1. The quantitative estimate of drug-likeness (QED) is 0.874. The van der Waals surface area contributed by atoms with Crippen LogP contribution in [0.5, 0.6) is 0 Å². The summed E-state index contributed by atoms with van der Waals surface area (Å²) in [7, 11) is -0.170. The van der Waals surface area contributed by atoms with Crippen molar-refractivity contribution in [1.82, 2.24) is 8.87 Å². The van der Waals surface area contributed by atoms with Crippen LogP contribution in [0.3, 0.4) is 0 Å². The number of hydrogen-bond donors (Lipinski definition) is 1. The molecule has 0 unspecified atom stereocenters.